The number of aromatic nitrogens is 2. The van der Waals surface area contributed by atoms with Gasteiger partial charge in [-0.15, -0.1) is 11.3 Å². The maximum atomic E-state index is 14.1. The van der Waals surface area contributed by atoms with E-state index in [0.29, 0.717) is 18.9 Å². The van der Waals surface area contributed by atoms with Crippen LogP contribution in [0.5, 0.6) is 0 Å². The van der Waals surface area contributed by atoms with Crippen molar-refractivity contribution in [3.8, 4) is 10.4 Å². The number of nitrogens with zero attached hydrogens (tertiary/aromatic N) is 2. The molecule has 0 saturated heterocycles. The zero-order valence-electron chi connectivity index (χ0n) is 18.3. The number of carbonyl (C=O) groups excluding carboxylic acids is 1. The van der Waals surface area contributed by atoms with Gasteiger partial charge >= 0.3 is 6.18 Å². The quantitative estimate of drug-likeness (QED) is 0.493. The number of aliphatic hydroxyl groups is 1. The molecule has 2 aromatic rings. The molecule has 182 valence electrons. The van der Waals surface area contributed by atoms with Crippen LogP contribution in [0.25, 0.3) is 10.4 Å². The molecule has 33 heavy (non-hydrogen) atoms. The van der Waals surface area contributed by atoms with E-state index in [-0.39, 0.29) is 46.3 Å². The summed E-state index contributed by atoms with van der Waals surface area (Å²) >= 11 is 0.758. The van der Waals surface area contributed by atoms with Gasteiger partial charge in [0.1, 0.15) is 5.82 Å². The van der Waals surface area contributed by atoms with Crippen LogP contribution >= 0.6 is 11.3 Å². The smallest absolute Gasteiger partial charge is 0.389 e. The molecule has 2 heterocycles. The number of nitrogens with one attached hydrogen (secondary N) is 2. The lowest BCUT2D eigenvalue weighted by Crippen LogP contribution is -2.42. The predicted octanol–water partition coefficient (Wildman–Crippen LogP) is 5.02. The summed E-state index contributed by atoms with van der Waals surface area (Å²) in [6, 6.07) is -0.574. The number of pyridine rings is 1. The third-order valence-electron chi connectivity index (χ3n) is 5.21. The van der Waals surface area contributed by atoms with Crippen molar-refractivity contribution in [3.63, 3.8) is 0 Å². The van der Waals surface area contributed by atoms with Crippen molar-refractivity contribution in [2.24, 2.45) is 0 Å². The maximum Gasteiger partial charge on any atom is 0.417 e. The standard InChI is InChI=1S/C21H25F5N4O2S/c1-11-16(33-18(29-11)17(31)28-10-19(2,3)32)12-9-27-15(8-13(12)21(24,25)26)30-14-6-4-5-7-20(14,22)23/h8-9,14,32H,4-7,10H2,1-3H3,(H,27,30)(H,28,31). The second-order valence-corrected chi connectivity index (χ2v) is 9.74. The first-order valence-electron chi connectivity index (χ1n) is 10.4. The van der Waals surface area contributed by atoms with Gasteiger partial charge in [-0.25, -0.2) is 18.7 Å². The number of halogens is 5. The van der Waals surface area contributed by atoms with Gasteiger partial charge in [-0.05, 0) is 39.7 Å². The molecule has 0 bridgehead atoms. The van der Waals surface area contributed by atoms with E-state index in [1.165, 1.54) is 20.8 Å². The van der Waals surface area contributed by atoms with Crippen LogP contribution in [0, 0.1) is 6.92 Å². The Bertz CT molecular complexity index is 1020. The van der Waals surface area contributed by atoms with E-state index in [1.807, 2.05) is 0 Å². The van der Waals surface area contributed by atoms with Crippen molar-refractivity contribution >= 4 is 23.1 Å². The Hall–Kier alpha value is -2.34. The van der Waals surface area contributed by atoms with E-state index >= 15 is 0 Å². The number of rotatable bonds is 6. The Kier molecular flexibility index (Phi) is 6.99. The van der Waals surface area contributed by atoms with Gasteiger partial charge in [0.15, 0.2) is 5.01 Å². The van der Waals surface area contributed by atoms with Gasteiger partial charge in [-0.3, -0.25) is 4.79 Å². The first kappa shape index (κ1) is 25.3. The summed E-state index contributed by atoms with van der Waals surface area (Å²) in [5, 5.41) is 14.6. The largest absolute Gasteiger partial charge is 0.417 e. The summed E-state index contributed by atoms with van der Waals surface area (Å²) in [6.07, 6.45) is -3.10. The second kappa shape index (κ2) is 9.13. The van der Waals surface area contributed by atoms with Crippen molar-refractivity contribution in [2.45, 2.75) is 70.2 Å². The van der Waals surface area contributed by atoms with Crippen molar-refractivity contribution in [2.75, 3.05) is 11.9 Å². The highest BCUT2D eigenvalue weighted by Gasteiger charge is 2.42. The molecule has 6 nitrogen and oxygen atoms in total. The molecular formula is C21H25F5N4O2S. The zero-order valence-corrected chi connectivity index (χ0v) is 19.1. The van der Waals surface area contributed by atoms with Crippen LogP contribution in [0.15, 0.2) is 12.3 Å². The molecule has 0 radical (unpaired) electrons. The number of thiazole rings is 1. The minimum absolute atomic E-state index is 0.0658. The number of carbonyl (C=O) groups is 1. The number of alkyl halides is 5. The van der Waals surface area contributed by atoms with Gasteiger partial charge in [-0.2, -0.15) is 13.2 Å². The molecule has 1 aliphatic rings. The number of hydrogen-bond donors (Lipinski definition) is 3. The lowest BCUT2D eigenvalue weighted by Gasteiger charge is -2.32. The first-order chi connectivity index (χ1) is 15.2. The highest BCUT2D eigenvalue weighted by atomic mass is 32.1. The average molecular weight is 493 g/mol. The SMILES string of the molecule is Cc1nc(C(=O)NCC(C)(C)O)sc1-c1cnc(NC2CCCCC2(F)F)cc1C(F)(F)F. The molecule has 1 aliphatic carbocycles. The van der Waals surface area contributed by atoms with Crippen LogP contribution in [0.3, 0.4) is 0 Å². The van der Waals surface area contributed by atoms with Gasteiger partial charge < -0.3 is 15.7 Å². The Morgan fingerprint density at radius 2 is 2.00 bits per heavy atom. The second-order valence-electron chi connectivity index (χ2n) is 8.75. The normalized spacial score (nSPS) is 18.8. The molecule has 1 unspecified atom stereocenters. The predicted molar refractivity (Wildman–Crippen MR) is 115 cm³/mol. The molecule has 3 N–H and O–H groups in total. The van der Waals surface area contributed by atoms with E-state index in [2.05, 4.69) is 20.6 Å². The van der Waals surface area contributed by atoms with Crippen molar-refractivity contribution in [1.29, 1.82) is 0 Å². The van der Waals surface area contributed by atoms with Crippen LogP contribution in [-0.4, -0.2) is 45.1 Å². The fourth-order valence-corrected chi connectivity index (χ4v) is 4.52. The lowest BCUT2D eigenvalue weighted by molar-refractivity contribution is -0.137. The van der Waals surface area contributed by atoms with Gasteiger partial charge in [0.25, 0.3) is 11.8 Å². The molecule has 1 atom stereocenters. The molecule has 1 fully saturated rings. The van der Waals surface area contributed by atoms with Crippen LogP contribution < -0.4 is 10.6 Å². The molecule has 0 aliphatic heterocycles. The van der Waals surface area contributed by atoms with E-state index in [4.69, 9.17) is 0 Å². The topological polar surface area (TPSA) is 87.1 Å². The van der Waals surface area contributed by atoms with Gasteiger partial charge in [0.2, 0.25) is 0 Å². The molecule has 3 rings (SSSR count). The Morgan fingerprint density at radius 1 is 1.30 bits per heavy atom. The third-order valence-corrected chi connectivity index (χ3v) is 6.40. The summed E-state index contributed by atoms with van der Waals surface area (Å²) in [7, 11) is 0. The van der Waals surface area contributed by atoms with E-state index in [9.17, 15) is 31.9 Å². The lowest BCUT2D eigenvalue weighted by atomic mass is 9.91. The Balaban J connectivity index is 1.92. The number of amides is 1. The Labute approximate surface area is 191 Å². The highest BCUT2D eigenvalue weighted by Crippen LogP contribution is 2.42. The summed E-state index contributed by atoms with van der Waals surface area (Å²) in [6.45, 7) is 4.38. The summed E-state index contributed by atoms with van der Waals surface area (Å²) < 4.78 is 69.9. The van der Waals surface area contributed by atoms with Crippen LogP contribution in [0.1, 0.15) is 60.6 Å². The Morgan fingerprint density at radius 3 is 2.61 bits per heavy atom. The zero-order chi connectivity index (χ0) is 24.6. The first-order valence-corrected chi connectivity index (χ1v) is 11.2. The highest BCUT2D eigenvalue weighted by molar-refractivity contribution is 7.17. The number of hydrogen-bond acceptors (Lipinski definition) is 6. The molecule has 0 spiro atoms. The van der Waals surface area contributed by atoms with Crippen LogP contribution in [-0.2, 0) is 6.18 Å². The van der Waals surface area contributed by atoms with Gasteiger partial charge in [0, 0.05) is 24.7 Å². The van der Waals surface area contributed by atoms with E-state index < -0.39 is 35.2 Å². The van der Waals surface area contributed by atoms with Gasteiger partial charge in [-0.1, -0.05) is 6.42 Å². The van der Waals surface area contributed by atoms with Crippen LogP contribution in [0.4, 0.5) is 27.8 Å². The molecule has 0 aromatic carbocycles. The van der Waals surface area contributed by atoms with Gasteiger partial charge in [0.05, 0.1) is 27.8 Å². The summed E-state index contributed by atoms with van der Waals surface area (Å²) in [4.78, 5) is 20.4. The minimum Gasteiger partial charge on any atom is -0.389 e. The van der Waals surface area contributed by atoms with Crippen molar-refractivity contribution < 1.29 is 31.9 Å². The number of aryl methyl sites for hydroxylation is 1. The molecule has 1 saturated carbocycles. The van der Waals surface area contributed by atoms with Crippen molar-refractivity contribution in [3.05, 3.63) is 28.5 Å². The summed E-state index contributed by atoms with van der Waals surface area (Å²) in [5.41, 5.74) is -2.33. The fourth-order valence-electron chi connectivity index (χ4n) is 3.52. The fraction of sp³-hybridized carbons (Fsp3) is 0.571. The van der Waals surface area contributed by atoms with Crippen molar-refractivity contribution in [1.82, 2.24) is 15.3 Å². The molecule has 1 amide bonds. The molecular weight excluding hydrogens is 467 g/mol. The third kappa shape index (κ3) is 6.17. The minimum atomic E-state index is -4.79. The summed E-state index contributed by atoms with van der Waals surface area (Å²) in [5.74, 6) is -3.95. The van der Waals surface area contributed by atoms with E-state index in [1.54, 1.807) is 0 Å². The van der Waals surface area contributed by atoms with E-state index in [0.717, 1.165) is 17.5 Å². The monoisotopic (exact) mass is 492 g/mol. The maximum absolute atomic E-state index is 14.1. The van der Waals surface area contributed by atoms with Crippen LogP contribution in [0.2, 0.25) is 0 Å². The molecule has 2 aromatic heterocycles. The average Bonchev–Trinajstić information content (AvgIpc) is 3.08. The molecule has 12 heteroatoms. The number of anilines is 1.